The molecule has 2 aromatic rings. The van der Waals surface area contributed by atoms with Crippen LogP contribution in [0, 0.1) is 11.3 Å². The molecule has 4 nitrogen and oxygen atoms in total. The van der Waals surface area contributed by atoms with Gasteiger partial charge in [0, 0.05) is 5.35 Å². The zero-order valence-electron chi connectivity index (χ0n) is 13.5. The molecule has 120 valence electrons. The topological polar surface area (TPSA) is 68.7 Å². The van der Waals surface area contributed by atoms with Crippen LogP contribution in [0.2, 0.25) is 0 Å². The van der Waals surface area contributed by atoms with Gasteiger partial charge in [-0.25, -0.2) is 0 Å². The largest absolute Gasteiger partial charge is 0.351 e. The van der Waals surface area contributed by atoms with Crippen LogP contribution in [-0.4, -0.2) is 10.9 Å². The maximum Gasteiger partial charge on any atom is 0.268 e. The van der Waals surface area contributed by atoms with Gasteiger partial charge >= 0.3 is 0 Å². The number of carbonyl (C=O) groups is 1. The van der Waals surface area contributed by atoms with Crippen molar-refractivity contribution in [2.45, 2.75) is 25.8 Å². The van der Waals surface area contributed by atoms with Crippen LogP contribution in [0.5, 0.6) is 0 Å². The van der Waals surface area contributed by atoms with Crippen molar-refractivity contribution in [3.8, 4) is 6.07 Å². The number of nitrogens with zero attached hydrogens (tertiary/aromatic N) is 1. The molecule has 3 rings (SSSR count). The lowest BCUT2D eigenvalue weighted by molar-refractivity contribution is 0.0931. The summed E-state index contributed by atoms with van der Waals surface area (Å²) in [5.41, 5.74) is 2.21. The maximum absolute atomic E-state index is 12.6. The molecule has 1 aromatic heterocycles. The second-order valence-corrected chi connectivity index (χ2v) is 5.75. The molecule has 1 amide bonds. The van der Waals surface area contributed by atoms with E-state index < -0.39 is 0 Å². The van der Waals surface area contributed by atoms with E-state index in [1.165, 1.54) is 0 Å². The normalized spacial score (nSPS) is 14.1. The summed E-state index contributed by atoms with van der Waals surface area (Å²) in [7, 11) is 0. The Bertz CT molecular complexity index is 929. The first kappa shape index (κ1) is 15.8. The molecule has 1 aromatic carbocycles. The van der Waals surface area contributed by atoms with Crippen molar-refractivity contribution < 1.29 is 4.79 Å². The Hall–Kier alpha value is -3.06. The van der Waals surface area contributed by atoms with Gasteiger partial charge in [-0.05, 0) is 35.8 Å². The second kappa shape index (κ2) is 7.01. The molecule has 1 atom stereocenters. The Morgan fingerprint density at radius 2 is 2.12 bits per heavy atom. The van der Waals surface area contributed by atoms with Crippen molar-refractivity contribution in [2.24, 2.45) is 0 Å². The van der Waals surface area contributed by atoms with Gasteiger partial charge in [-0.15, -0.1) is 0 Å². The molecular weight excluding hydrogens is 298 g/mol. The van der Waals surface area contributed by atoms with Crippen molar-refractivity contribution in [3.05, 3.63) is 69.9 Å². The van der Waals surface area contributed by atoms with Crippen LogP contribution in [0.15, 0.2) is 48.0 Å². The number of allylic oxidation sites excluding steroid dienone is 2. The van der Waals surface area contributed by atoms with Gasteiger partial charge in [-0.1, -0.05) is 49.4 Å². The molecule has 0 bridgehead atoms. The highest BCUT2D eigenvalue weighted by molar-refractivity contribution is 5.92. The highest BCUT2D eigenvalue weighted by Gasteiger charge is 2.15. The van der Waals surface area contributed by atoms with Gasteiger partial charge in [0.25, 0.3) is 5.91 Å². The predicted octanol–water partition coefficient (Wildman–Crippen LogP) is 2.31. The zero-order valence-corrected chi connectivity index (χ0v) is 13.5. The van der Waals surface area contributed by atoms with Crippen molar-refractivity contribution >= 4 is 18.1 Å². The maximum atomic E-state index is 12.6. The molecule has 24 heavy (non-hydrogen) atoms. The van der Waals surface area contributed by atoms with E-state index in [-0.39, 0.29) is 11.9 Å². The van der Waals surface area contributed by atoms with E-state index in [1.54, 1.807) is 6.08 Å². The van der Waals surface area contributed by atoms with Gasteiger partial charge < -0.3 is 10.3 Å². The number of hydrogen-bond acceptors (Lipinski definition) is 2. The van der Waals surface area contributed by atoms with Crippen LogP contribution in [0.4, 0.5) is 0 Å². The molecule has 1 aliphatic carbocycles. The van der Waals surface area contributed by atoms with E-state index in [1.807, 2.05) is 55.5 Å². The summed E-state index contributed by atoms with van der Waals surface area (Å²) < 4.78 is 0. The SMILES string of the molecule is CCC(NC(=O)c1cc2c([nH]1)=CC(C#N)=CCC=2)c1ccccc1. The number of nitriles is 1. The number of H-pyrrole nitrogens is 1. The van der Waals surface area contributed by atoms with Crippen LogP contribution in [0.25, 0.3) is 12.2 Å². The van der Waals surface area contributed by atoms with Crippen LogP contribution in [0.3, 0.4) is 0 Å². The molecule has 0 saturated carbocycles. The number of aromatic nitrogens is 1. The summed E-state index contributed by atoms with van der Waals surface area (Å²) in [6.45, 7) is 2.05. The third-order valence-corrected chi connectivity index (χ3v) is 4.14. The van der Waals surface area contributed by atoms with E-state index in [9.17, 15) is 4.79 Å². The van der Waals surface area contributed by atoms with E-state index in [2.05, 4.69) is 16.4 Å². The fourth-order valence-corrected chi connectivity index (χ4v) is 2.84. The number of hydrogen-bond donors (Lipinski definition) is 2. The summed E-state index contributed by atoms with van der Waals surface area (Å²) in [6, 6.07) is 13.9. The minimum atomic E-state index is -0.136. The molecule has 1 aliphatic rings. The zero-order chi connectivity index (χ0) is 16.9. The fourth-order valence-electron chi connectivity index (χ4n) is 2.84. The Kier molecular flexibility index (Phi) is 4.62. The van der Waals surface area contributed by atoms with Gasteiger partial charge in [-0.2, -0.15) is 5.26 Å². The average Bonchev–Trinajstić information content (AvgIpc) is 2.92. The Labute approximate surface area is 140 Å². The highest BCUT2D eigenvalue weighted by atomic mass is 16.1. The molecule has 0 fully saturated rings. The minimum absolute atomic E-state index is 0.0238. The molecule has 1 unspecified atom stereocenters. The lowest BCUT2D eigenvalue weighted by Gasteiger charge is -2.16. The molecule has 4 heteroatoms. The second-order valence-electron chi connectivity index (χ2n) is 5.75. The van der Waals surface area contributed by atoms with Crippen molar-refractivity contribution in [1.82, 2.24) is 10.3 Å². The van der Waals surface area contributed by atoms with Crippen LogP contribution >= 0.6 is 0 Å². The first-order valence-corrected chi connectivity index (χ1v) is 8.08. The lowest BCUT2D eigenvalue weighted by atomic mass is 10.0. The first-order chi connectivity index (χ1) is 11.7. The number of nitrogens with one attached hydrogen (secondary N) is 2. The number of aromatic amines is 1. The number of amides is 1. The summed E-state index contributed by atoms with van der Waals surface area (Å²) in [5, 5.41) is 13.9. The van der Waals surface area contributed by atoms with Crippen LogP contribution < -0.4 is 15.9 Å². The standard InChI is InChI=1S/C20H19N3O/c1-2-17(15-8-4-3-5-9-15)23-20(24)19-12-16-10-6-7-14(13-21)11-18(16)22-19/h3-5,7-12,17,22H,2,6H2,1H3,(H,23,24). The monoisotopic (exact) mass is 317 g/mol. The lowest BCUT2D eigenvalue weighted by Crippen LogP contribution is -2.28. The predicted molar refractivity (Wildman–Crippen MR) is 94.2 cm³/mol. The third-order valence-electron chi connectivity index (χ3n) is 4.14. The van der Waals surface area contributed by atoms with Gasteiger partial charge in [0.15, 0.2) is 0 Å². The molecule has 1 heterocycles. The number of carbonyl (C=O) groups excluding carboxylic acids is 1. The fraction of sp³-hybridized carbons (Fsp3) is 0.200. The van der Waals surface area contributed by atoms with Crippen LogP contribution in [-0.2, 0) is 0 Å². The van der Waals surface area contributed by atoms with E-state index in [4.69, 9.17) is 5.26 Å². The molecule has 0 saturated heterocycles. The third kappa shape index (κ3) is 3.31. The highest BCUT2D eigenvalue weighted by Crippen LogP contribution is 2.16. The number of rotatable bonds is 4. The van der Waals surface area contributed by atoms with Gasteiger partial charge in [0.2, 0.25) is 0 Å². The van der Waals surface area contributed by atoms with Gasteiger partial charge in [-0.3, -0.25) is 4.79 Å². The number of benzene rings is 1. The molecule has 0 spiro atoms. The molecule has 0 aliphatic heterocycles. The summed E-state index contributed by atoms with van der Waals surface area (Å²) in [4.78, 5) is 15.7. The van der Waals surface area contributed by atoms with E-state index in [0.29, 0.717) is 17.7 Å². The van der Waals surface area contributed by atoms with E-state index >= 15 is 0 Å². The van der Waals surface area contributed by atoms with Gasteiger partial charge in [0.05, 0.1) is 17.7 Å². The van der Waals surface area contributed by atoms with Crippen molar-refractivity contribution in [2.75, 3.05) is 0 Å². The Balaban J connectivity index is 1.86. The minimum Gasteiger partial charge on any atom is -0.351 e. The summed E-state index contributed by atoms with van der Waals surface area (Å²) in [6.07, 6.45) is 7.17. The Morgan fingerprint density at radius 3 is 2.83 bits per heavy atom. The van der Waals surface area contributed by atoms with Crippen molar-refractivity contribution in [1.29, 1.82) is 5.26 Å². The summed E-state index contributed by atoms with van der Waals surface area (Å²) in [5.74, 6) is -0.136. The average molecular weight is 317 g/mol. The van der Waals surface area contributed by atoms with Gasteiger partial charge in [0.1, 0.15) is 5.69 Å². The molecular formula is C20H19N3O. The number of fused-ring (bicyclic) bond motifs is 1. The Morgan fingerprint density at radius 1 is 1.33 bits per heavy atom. The van der Waals surface area contributed by atoms with E-state index in [0.717, 1.165) is 22.6 Å². The smallest absolute Gasteiger partial charge is 0.268 e. The van der Waals surface area contributed by atoms with Crippen molar-refractivity contribution in [3.63, 3.8) is 0 Å². The molecule has 0 radical (unpaired) electrons. The summed E-state index contributed by atoms with van der Waals surface area (Å²) >= 11 is 0. The van der Waals surface area contributed by atoms with Crippen LogP contribution in [0.1, 0.15) is 41.9 Å². The first-order valence-electron chi connectivity index (χ1n) is 8.08. The molecule has 2 N–H and O–H groups in total. The quantitative estimate of drug-likeness (QED) is 0.908.